The largest absolute Gasteiger partial charge is 0.496 e. The summed E-state index contributed by atoms with van der Waals surface area (Å²) in [5.74, 6) is 0.397. The number of pyridine rings is 1. The fourth-order valence-electron chi connectivity index (χ4n) is 2.30. The van der Waals surface area contributed by atoms with E-state index >= 15 is 0 Å². The van der Waals surface area contributed by atoms with Crippen LogP contribution in [0.4, 0.5) is 13.2 Å². The van der Waals surface area contributed by atoms with E-state index in [9.17, 15) is 26.4 Å². The van der Waals surface area contributed by atoms with Crippen LogP contribution in [0.1, 0.15) is 11.3 Å². The molecule has 0 saturated heterocycles. The van der Waals surface area contributed by atoms with Crippen LogP contribution in [0.5, 0.6) is 5.75 Å². The van der Waals surface area contributed by atoms with Gasteiger partial charge in [-0.15, -0.1) is 0 Å². The molecule has 1 aromatic heterocycles. The molecule has 0 bridgehead atoms. The summed E-state index contributed by atoms with van der Waals surface area (Å²) in [6, 6.07) is 6.08. The minimum absolute atomic E-state index is 0.0640. The first-order valence-corrected chi connectivity index (χ1v) is 8.95. The van der Waals surface area contributed by atoms with Crippen LogP contribution in [0, 0.1) is 6.92 Å². The maximum absolute atomic E-state index is 12.5. The third kappa shape index (κ3) is 4.64. The molecule has 0 fully saturated rings. The van der Waals surface area contributed by atoms with Crippen molar-refractivity contribution in [2.45, 2.75) is 24.5 Å². The Morgan fingerprint density at radius 3 is 2.27 bits per heavy atom. The Hall–Kier alpha value is -2.33. The SMILES string of the molecule is COc1cc(C)n(CCNS(=O)(=O)c2ccc(C(F)(F)F)cc2)c(=O)c1. The zero-order chi connectivity index (χ0) is 19.5. The Morgan fingerprint density at radius 1 is 1.15 bits per heavy atom. The Kier molecular flexibility index (Phi) is 5.77. The normalized spacial score (nSPS) is 12.2. The first-order valence-electron chi connectivity index (χ1n) is 7.47. The summed E-state index contributed by atoms with van der Waals surface area (Å²) in [6.45, 7) is 1.64. The average Bonchev–Trinajstić information content (AvgIpc) is 2.56. The van der Waals surface area contributed by atoms with E-state index in [1.54, 1.807) is 13.0 Å². The standard InChI is InChI=1S/C16H17F3N2O4S/c1-11-9-13(25-2)10-15(22)21(11)8-7-20-26(23,24)14-5-3-12(4-6-14)16(17,18)19/h3-6,9-10,20H,7-8H2,1-2H3. The molecule has 6 nitrogen and oxygen atoms in total. The lowest BCUT2D eigenvalue weighted by Crippen LogP contribution is -2.31. The fourth-order valence-corrected chi connectivity index (χ4v) is 3.32. The van der Waals surface area contributed by atoms with Gasteiger partial charge in [-0.2, -0.15) is 13.2 Å². The van der Waals surface area contributed by atoms with Crippen LogP contribution in [0.25, 0.3) is 0 Å². The van der Waals surface area contributed by atoms with Gasteiger partial charge in [-0.3, -0.25) is 4.79 Å². The fraction of sp³-hybridized carbons (Fsp3) is 0.312. The molecule has 0 saturated carbocycles. The van der Waals surface area contributed by atoms with Crippen molar-refractivity contribution in [2.24, 2.45) is 0 Å². The number of nitrogens with zero attached hydrogens (tertiary/aromatic N) is 1. The number of alkyl halides is 3. The lowest BCUT2D eigenvalue weighted by Gasteiger charge is -2.12. The van der Waals surface area contributed by atoms with Crippen molar-refractivity contribution < 1.29 is 26.3 Å². The summed E-state index contributed by atoms with van der Waals surface area (Å²) < 4.78 is 70.5. The average molecular weight is 390 g/mol. The van der Waals surface area contributed by atoms with Crippen molar-refractivity contribution in [1.82, 2.24) is 9.29 Å². The molecule has 26 heavy (non-hydrogen) atoms. The van der Waals surface area contributed by atoms with Crippen LogP contribution < -0.4 is 15.0 Å². The summed E-state index contributed by atoms with van der Waals surface area (Å²) in [6.07, 6.45) is -4.54. The number of methoxy groups -OCH3 is 1. The van der Waals surface area contributed by atoms with Crippen molar-refractivity contribution in [3.05, 3.63) is 58.0 Å². The lowest BCUT2D eigenvalue weighted by molar-refractivity contribution is -0.137. The number of nitrogens with one attached hydrogen (secondary N) is 1. The molecule has 0 aliphatic rings. The number of rotatable bonds is 6. The monoisotopic (exact) mass is 390 g/mol. The highest BCUT2D eigenvalue weighted by molar-refractivity contribution is 7.89. The van der Waals surface area contributed by atoms with Gasteiger partial charge in [-0.25, -0.2) is 13.1 Å². The first-order chi connectivity index (χ1) is 12.0. The van der Waals surface area contributed by atoms with Gasteiger partial charge in [0.1, 0.15) is 5.75 Å². The second-order valence-corrected chi connectivity index (χ2v) is 7.21. The second-order valence-electron chi connectivity index (χ2n) is 5.45. The molecule has 0 radical (unpaired) electrons. The van der Waals surface area contributed by atoms with Gasteiger partial charge in [-0.05, 0) is 37.3 Å². The quantitative estimate of drug-likeness (QED) is 0.820. The molecule has 1 N–H and O–H groups in total. The third-order valence-corrected chi connectivity index (χ3v) is 5.14. The Balaban J connectivity index is 2.08. The number of hydrogen-bond donors (Lipinski definition) is 1. The van der Waals surface area contributed by atoms with Gasteiger partial charge < -0.3 is 9.30 Å². The Bertz CT molecular complexity index is 935. The molecule has 2 aromatic rings. The van der Waals surface area contributed by atoms with Crippen LogP contribution in [-0.2, 0) is 22.7 Å². The van der Waals surface area contributed by atoms with Crippen molar-refractivity contribution in [2.75, 3.05) is 13.7 Å². The van der Waals surface area contributed by atoms with Gasteiger partial charge >= 0.3 is 6.18 Å². The van der Waals surface area contributed by atoms with Crippen LogP contribution in [0.15, 0.2) is 46.1 Å². The summed E-state index contributed by atoms with van der Waals surface area (Å²) in [4.78, 5) is 11.7. The topological polar surface area (TPSA) is 77.4 Å². The Labute approximate surface area is 148 Å². The molecule has 2 rings (SSSR count). The molecule has 10 heteroatoms. The zero-order valence-electron chi connectivity index (χ0n) is 14.0. The molecular weight excluding hydrogens is 373 g/mol. The van der Waals surface area contributed by atoms with Crippen molar-refractivity contribution >= 4 is 10.0 Å². The van der Waals surface area contributed by atoms with E-state index in [0.29, 0.717) is 23.6 Å². The van der Waals surface area contributed by atoms with E-state index in [1.807, 2.05) is 0 Å². The van der Waals surface area contributed by atoms with E-state index in [0.717, 1.165) is 12.1 Å². The summed E-state index contributed by atoms with van der Waals surface area (Å²) in [7, 11) is -2.56. The van der Waals surface area contributed by atoms with Gasteiger partial charge in [0.15, 0.2) is 0 Å². The van der Waals surface area contributed by atoms with Gasteiger partial charge in [0.05, 0.1) is 17.6 Å². The molecule has 0 spiro atoms. The summed E-state index contributed by atoms with van der Waals surface area (Å²) >= 11 is 0. The summed E-state index contributed by atoms with van der Waals surface area (Å²) in [5, 5.41) is 0. The van der Waals surface area contributed by atoms with E-state index in [1.165, 1.54) is 17.7 Å². The van der Waals surface area contributed by atoms with E-state index in [4.69, 9.17) is 4.74 Å². The minimum Gasteiger partial charge on any atom is -0.496 e. The maximum atomic E-state index is 12.5. The molecule has 0 amide bonds. The van der Waals surface area contributed by atoms with Crippen molar-refractivity contribution in [1.29, 1.82) is 0 Å². The molecule has 1 aromatic carbocycles. The molecule has 0 aliphatic carbocycles. The third-order valence-electron chi connectivity index (χ3n) is 3.66. The van der Waals surface area contributed by atoms with Gasteiger partial charge in [0.2, 0.25) is 10.0 Å². The predicted molar refractivity (Wildman–Crippen MR) is 88.6 cm³/mol. The molecule has 1 heterocycles. The van der Waals surface area contributed by atoms with E-state index < -0.39 is 21.8 Å². The molecule has 142 valence electrons. The van der Waals surface area contributed by atoms with Crippen molar-refractivity contribution in [3.8, 4) is 5.75 Å². The highest BCUT2D eigenvalue weighted by atomic mass is 32.2. The van der Waals surface area contributed by atoms with Crippen LogP contribution in [0.2, 0.25) is 0 Å². The second kappa shape index (κ2) is 7.50. The number of sulfonamides is 1. The first kappa shape index (κ1) is 20.0. The highest BCUT2D eigenvalue weighted by Crippen LogP contribution is 2.29. The number of benzene rings is 1. The van der Waals surface area contributed by atoms with Gasteiger partial charge in [-0.1, -0.05) is 0 Å². The highest BCUT2D eigenvalue weighted by Gasteiger charge is 2.30. The maximum Gasteiger partial charge on any atom is 0.416 e. The van der Waals surface area contributed by atoms with Crippen LogP contribution in [0.3, 0.4) is 0 Å². The molecular formula is C16H17F3N2O4S. The van der Waals surface area contributed by atoms with E-state index in [2.05, 4.69) is 4.72 Å². The summed E-state index contributed by atoms with van der Waals surface area (Å²) in [5.41, 5.74) is -0.699. The number of aryl methyl sites for hydroxylation is 1. The minimum atomic E-state index is -4.54. The smallest absolute Gasteiger partial charge is 0.416 e. The zero-order valence-corrected chi connectivity index (χ0v) is 14.8. The van der Waals surface area contributed by atoms with E-state index in [-0.39, 0.29) is 23.5 Å². The number of halogens is 3. The lowest BCUT2D eigenvalue weighted by atomic mass is 10.2. The van der Waals surface area contributed by atoms with Gasteiger partial charge in [0, 0.05) is 24.8 Å². The number of aromatic nitrogens is 1. The van der Waals surface area contributed by atoms with Crippen LogP contribution >= 0.6 is 0 Å². The number of ether oxygens (including phenoxy) is 1. The Morgan fingerprint density at radius 2 is 1.77 bits per heavy atom. The van der Waals surface area contributed by atoms with Crippen molar-refractivity contribution in [3.63, 3.8) is 0 Å². The molecule has 0 atom stereocenters. The predicted octanol–water partition coefficient (Wildman–Crippen LogP) is 2.16. The molecule has 0 aliphatic heterocycles. The van der Waals surface area contributed by atoms with Gasteiger partial charge in [0.25, 0.3) is 5.56 Å². The number of hydrogen-bond acceptors (Lipinski definition) is 4. The van der Waals surface area contributed by atoms with Crippen LogP contribution in [-0.4, -0.2) is 26.6 Å². The molecule has 0 unspecified atom stereocenters.